The number of rotatable bonds is 10. The molecule has 9 nitrogen and oxygen atoms in total. The lowest BCUT2D eigenvalue weighted by atomic mass is 10.0. The number of anilines is 1. The molecule has 1 aliphatic heterocycles. The number of ether oxygens (including phenoxy) is 2. The molecule has 0 saturated carbocycles. The first-order chi connectivity index (χ1) is 13.2. The van der Waals surface area contributed by atoms with Crippen LogP contribution in [-0.4, -0.2) is 52.4 Å². The fourth-order valence-electron chi connectivity index (χ4n) is 3.25. The average molecular weight is 378 g/mol. The van der Waals surface area contributed by atoms with Crippen molar-refractivity contribution in [2.45, 2.75) is 45.6 Å². The zero-order chi connectivity index (χ0) is 19.1. The van der Waals surface area contributed by atoms with Gasteiger partial charge in [-0.1, -0.05) is 13.3 Å². The summed E-state index contributed by atoms with van der Waals surface area (Å²) in [6.45, 7) is 6.67. The lowest BCUT2D eigenvalue weighted by Gasteiger charge is -2.22. The minimum absolute atomic E-state index is 0.219. The topological polar surface area (TPSA) is 120 Å². The Bertz CT molecular complexity index is 781. The number of unbranched alkanes of at least 4 members (excludes halogenated alkanes) is 1. The van der Waals surface area contributed by atoms with Crippen LogP contribution in [0.15, 0.2) is 4.79 Å². The van der Waals surface area contributed by atoms with E-state index in [-0.39, 0.29) is 17.5 Å². The maximum atomic E-state index is 12.3. The van der Waals surface area contributed by atoms with Crippen LogP contribution in [0.1, 0.15) is 39.0 Å². The van der Waals surface area contributed by atoms with Gasteiger partial charge in [0.05, 0.1) is 13.2 Å². The number of hydrogen-bond donors (Lipinski definition) is 3. The van der Waals surface area contributed by atoms with Crippen LogP contribution >= 0.6 is 0 Å². The molecule has 3 rings (SSSR count). The molecule has 27 heavy (non-hydrogen) atoms. The molecule has 0 radical (unpaired) electrons. The smallest absolute Gasteiger partial charge is 0.327 e. The van der Waals surface area contributed by atoms with Gasteiger partial charge in [0.25, 0.3) is 0 Å². The van der Waals surface area contributed by atoms with E-state index in [4.69, 9.17) is 15.2 Å². The number of fused-ring (bicyclic) bond motifs is 1. The highest BCUT2D eigenvalue weighted by atomic mass is 16.5. The number of H-pyrrole nitrogens is 1. The van der Waals surface area contributed by atoms with Crippen molar-refractivity contribution >= 4 is 17.0 Å². The number of nitrogens with two attached hydrogens (primary N) is 1. The second kappa shape index (κ2) is 9.70. The van der Waals surface area contributed by atoms with Crippen LogP contribution in [0.25, 0.3) is 11.2 Å². The zero-order valence-corrected chi connectivity index (χ0v) is 16.0. The Hall–Kier alpha value is -2.13. The maximum Gasteiger partial charge on any atom is 0.327 e. The highest BCUT2D eigenvalue weighted by Crippen LogP contribution is 2.18. The summed E-state index contributed by atoms with van der Waals surface area (Å²) in [6, 6.07) is 0.219. The van der Waals surface area contributed by atoms with Crippen molar-refractivity contribution in [1.29, 1.82) is 0 Å². The molecule has 1 fully saturated rings. The highest BCUT2D eigenvalue weighted by Gasteiger charge is 2.15. The quantitative estimate of drug-likeness (QED) is 0.533. The third-order valence-electron chi connectivity index (χ3n) is 4.78. The summed E-state index contributed by atoms with van der Waals surface area (Å²) in [5.41, 5.74) is 6.71. The van der Waals surface area contributed by atoms with Gasteiger partial charge in [0, 0.05) is 19.7 Å². The number of imidazole rings is 1. The third kappa shape index (κ3) is 5.20. The summed E-state index contributed by atoms with van der Waals surface area (Å²) in [5.74, 6) is 0.822. The third-order valence-corrected chi connectivity index (χ3v) is 4.78. The molecule has 0 aromatic carbocycles. The van der Waals surface area contributed by atoms with Crippen LogP contribution in [0.5, 0.6) is 6.01 Å². The highest BCUT2D eigenvalue weighted by molar-refractivity contribution is 5.81. The van der Waals surface area contributed by atoms with E-state index >= 15 is 0 Å². The first kappa shape index (κ1) is 19.6. The number of hydrogen-bond acceptors (Lipinski definition) is 7. The molecular weight excluding hydrogens is 348 g/mol. The SMILES string of the molecule is CCCCOc1nc(N)c2[nH]c(=O)n(CCCNC[C@H]3CCCOC3)c2n1. The fourth-order valence-corrected chi connectivity index (χ4v) is 3.25. The van der Waals surface area contributed by atoms with Gasteiger partial charge in [-0.3, -0.25) is 4.57 Å². The van der Waals surface area contributed by atoms with Crippen molar-refractivity contribution < 1.29 is 9.47 Å². The number of nitrogens with one attached hydrogen (secondary N) is 2. The monoisotopic (exact) mass is 378 g/mol. The molecule has 1 aliphatic rings. The van der Waals surface area contributed by atoms with Gasteiger partial charge >= 0.3 is 11.7 Å². The lowest BCUT2D eigenvalue weighted by molar-refractivity contribution is 0.0549. The van der Waals surface area contributed by atoms with Gasteiger partial charge in [0.15, 0.2) is 11.5 Å². The van der Waals surface area contributed by atoms with Gasteiger partial charge in [0.1, 0.15) is 5.52 Å². The standard InChI is InChI=1S/C18H30N6O3/c1-2-3-10-27-17-22-15(19)14-16(23-17)24(18(25)21-14)8-5-7-20-11-13-6-4-9-26-12-13/h13,20H,2-12H2,1H3,(H,21,25)(H2,19,22,23)/t13-/m1/s1. The van der Waals surface area contributed by atoms with E-state index < -0.39 is 0 Å². The summed E-state index contributed by atoms with van der Waals surface area (Å²) >= 11 is 0. The Morgan fingerprint density at radius 3 is 3.07 bits per heavy atom. The Labute approximate surface area is 158 Å². The van der Waals surface area contributed by atoms with E-state index in [1.54, 1.807) is 4.57 Å². The largest absolute Gasteiger partial charge is 0.463 e. The normalized spacial score (nSPS) is 17.4. The molecule has 1 atom stereocenters. The number of nitrogen functional groups attached to an aromatic ring is 1. The summed E-state index contributed by atoms with van der Waals surface area (Å²) < 4.78 is 12.6. The fraction of sp³-hybridized carbons (Fsp3) is 0.722. The molecule has 150 valence electrons. The van der Waals surface area contributed by atoms with Gasteiger partial charge in [-0.15, -0.1) is 0 Å². The van der Waals surface area contributed by atoms with Gasteiger partial charge < -0.3 is 25.5 Å². The summed E-state index contributed by atoms with van der Waals surface area (Å²) in [6.07, 6.45) is 5.11. The van der Waals surface area contributed by atoms with E-state index in [9.17, 15) is 4.79 Å². The van der Waals surface area contributed by atoms with Crippen molar-refractivity contribution in [3.63, 3.8) is 0 Å². The Morgan fingerprint density at radius 2 is 2.30 bits per heavy atom. The molecule has 9 heteroatoms. The van der Waals surface area contributed by atoms with Gasteiger partial charge in [-0.2, -0.15) is 9.97 Å². The van der Waals surface area contributed by atoms with Crippen LogP contribution in [-0.2, 0) is 11.3 Å². The van der Waals surface area contributed by atoms with Crippen LogP contribution in [0.4, 0.5) is 5.82 Å². The molecule has 1 saturated heterocycles. The van der Waals surface area contributed by atoms with E-state index in [0.717, 1.165) is 52.0 Å². The Kier molecular flexibility index (Phi) is 7.05. The predicted octanol–water partition coefficient (Wildman–Crippen LogP) is 1.29. The first-order valence-electron chi connectivity index (χ1n) is 9.86. The Balaban J connectivity index is 1.57. The van der Waals surface area contributed by atoms with Gasteiger partial charge in [0.2, 0.25) is 0 Å². The molecule has 0 amide bonds. The first-order valence-corrected chi connectivity index (χ1v) is 9.86. The second-order valence-corrected chi connectivity index (χ2v) is 7.01. The molecule has 0 spiro atoms. The van der Waals surface area contributed by atoms with Crippen molar-refractivity contribution in [2.75, 3.05) is 38.6 Å². The molecular formula is C18H30N6O3. The van der Waals surface area contributed by atoms with E-state index in [2.05, 4.69) is 27.2 Å². The van der Waals surface area contributed by atoms with Gasteiger partial charge in [-0.25, -0.2) is 4.79 Å². The van der Waals surface area contributed by atoms with E-state index in [1.807, 2.05) is 0 Å². The molecule has 3 heterocycles. The van der Waals surface area contributed by atoms with Crippen molar-refractivity contribution in [1.82, 2.24) is 24.8 Å². The number of nitrogens with zero attached hydrogens (tertiary/aromatic N) is 3. The van der Waals surface area contributed by atoms with Crippen LogP contribution < -0.4 is 21.5 Å². The molecule has 2 aromatic rings. The zero-order valence-electron chi connectivity index (χ0n) is 16.0. The second-order valence-electron chi connectivity index (χ2n) is 7.01. The summed E-state index contributed by atoms with van der Waals surface area (Å²) in [4.78, 5) is 23.5. The van der Waals surface area contributed by atoms with Crippen LogP contribution in [0, 0.1) is 5.92 Å². The maximum absolute atomic E-state index is 12.3. The van der Waals surface area contributed by atoms with Crippen molar-refractivity contribution in [2.24, 2.45) is 5.92 Å². The molecule has 0 unspecified atom stereocenters. The number of aryl methyl sites for hydroxylation is 1. The van der Waals surface area contributed by atoms with Crippen molar-refractivity contribution in [3.8, 4) is 6.01 Å². The number of aromatic nitrogens is 4. The minimum Gasteiger partial charge on any atom is -0.463 e. The molecule has 4 N–H and O–H groups in total. The van der Waals surface area contributed by atoms with E-state index in [0.29, 0.717) is 30.2 Å². The van der Waals surface area contributed by atoms with Crippen molar-refractivity contribution in [3.05, 3.63) is 10.5 Å². The molecule has 0 bridgehead atoms. The van der Waals surface area contributed by atoms with Gasteiger partial charge in [-0.05, 0) is 38.1 Å². The minimum atomic E-state index is -0.225. The lowest BCUT2D eigenvalue weighted by Crippen LogP contribution is -2.30. The average Bonchev–Trinajstić information content (AvgIpc) is 2.99. The van der Waals surface area contributed by atoms with E-state index in [1.165, 1.54) is 6.42 Å². The molecule has 0 aliphatic carbocycles. The Morgan fingerprint density at radius 1 is 1.41 bits per heavy atom. The predicted molar refractivity (Wildman–Crippen MR) is 104 cm³/mol. The number of aromatic amines is 1. The van der Waals surface area contributed by atoms with Crippen LogP contribution in [0.3, 0.4) is 0 Å². The van der Waals surface area contributed by atoms with Crippen LogP contribution in [0.2, 0.25) is 0 Å². The molecule has 2 aromatic heterocycles. The summed E-state index contributed by atoms with van der Waals surface area (Å²) in [7, 11) is 0. The summed E-state index contributed by atoms with van der Waals surface area (Å²) in [5, 5.41) is 3.45.